The molecule has 0 bridgehead atoms. The Hall–Kier alpha value is -3.99. The molecule has 0 spiro atoms. The van der Waals surface area contributed by atoms with Crippen LogP contribution < -0.4 is 0 Å². The highest BCUT2D eigenvalue weighted by molar-refractivity contribution is 7.92. The fourth-order valence-electron chi connectivity index (χ4n) is 6.76. The third-order valence-corrected chi connectivity index (χ3v) is 11.6. The van der Waals surface area contributed by atoms with Crippen LogP contribution in [0.25, 0.3) is 11.8 Å². The van der Waals surface area contributed by atoms with Crippen molar-refractivity contribution in [1.29, 1.82) is 0 Å². The first-order valence-corrected chi connectivity index (χ1v) is 16.5. The number of sulfone groups is 1. The summed E-state index contributed by atoms with van der Waals surface area (Å²) < 4.78 is 43.3. The number of Topliss-reactive ketones (excluding diaryl/α,β-unsaturated/α-hetero) is 1. The predicted octanol–water partition coefficient (Wildman–Crippen LogP) is 5.12. The Morgan fingerprint density at radius 1 is 0.977 bits per heavy atom. The molecule has 0 unspecified atom stereocenters. The first-order chi connectivity index (χ1) is 20.8. The van der Waals surface area contributed by atoms with Crippen LogP contribution in [0, 0.1) is 17.2 Å². The summed E-state index contributed by atoms with van der Waals surface area (Å²) in [6, 6.07) is 9.89. The molecule has 0 amide bonds. The summed E-state index contributed by atoms with van der Waals surface area (Å²) in [6.45, 7) is 0.624. The van der Waals surface area contributed by atoms with Crippen molar-refractivity contribution in [3.05, 3.63) is 88.9 Å². The van der Waals surface area contributed by atoms with Crippen molar-refractivity contribution in [3.63, 3.8) is 0 Å². The average Bonchev–Trinajstić information content (AvgIpc) is 3.94. The van der Waals surface area contributed by atoms with Crippen LogP contribution in [0.1, 0.15) is 78.2 Å². The molecule has 8 rings (SSSR count). The number of allylic oxidation sites excluding steroid dienone is 1. The number of ketones is 1. The van der Waals surface area contributed by atoms with E-state index in [4.69, 9.17) is 0 Å². The van der Waals surface area contributed by atoms with Gasteiger partial charge in [-0.3, -0.25) is 9.78 Å². The number of hydrogen-bond acceptors (Lipinski definition) is 7. The molecule has 4 aliphatic carbocycles. The van der Waals surface area contributed by atoms with E-state index in [1.54, 1.807) is 35.3 Å². The van der Waals surface area contributed by atoms with E-state index < -0.39 is 20.5 Å². The molecule has 43 heavy (non-hydrogen) atoms. The van der Waals surface area contributed by atoms with Crippen LogP contribution in [0.15, 0.2) is 65.6 Å². The van der Waals surface area contributed by atoms with Gasteiger partial charge in [0.2, 0.25) is 9.84 Å². The fraction of sp³-hybridized carbons (Fsp3) is 0.406. The Morgan fingerprint density at radius 2 is 1.79 bits per heavy atom. The van der Waals surface area contributed by atoms with Gasteiger partial charge in [-0.1, -0.05) is 11.6 Å². The van der Waals surface area contributed by atoms with Gasteiger partial charge in [0.15, 0.2) is 10.8 Å². The number of nitrogens with zero attached hydrogens (tertiary/aromatic N) is 6. The summed E-state index contributed by atoms with van der Waals surface area (Å²) in [7, 11) is -3.84. The van der Waals surface area contributed by atoms with Crippen molar-refractivity contribution < 1.29 is 17.6 Å². The lowest BCUT2D eigenvalue weighted by Gasteiger charge is -2.43. The van der Waals surface area contributed by atoms with Gasteiger partial charge in [-0.15, -0.1) is 5.10 Å². The summed E-state index contributed by atoms with van der Waals surface area (Å²) in [4.78, 5) is 20.6. The molecule has 3 fully saturated rings. The number of fused-ring (bicyclic) bond motifs is 2. The Morgan fingerprint density at radius 3 is 2.51 bits per heavy atom. The summed E-state index contributed by atoms with van der Waals surface area (Å²) >= 11 is 0. The topological polar surface area (TPSA) is 113 Å². The van der Waals surface area contributed by atoms with Crippen molar-refractivity contribution in [1.82, 2.24) is 29.8 Å². The Labute approximate surface area is 248 Å². The molecule has 220 valence electrons. The minimum absolute atomic E-state index is 0.0271. The van der Waals surface area contributed by atoms with Gasteiger partial charge in [0, 0.05) is 6.20 Å². The SMILES string of the molecule is O=C(c1ccc(C2CC2)cn1)[C@]12Cc3cnn(-c4ccc(F)cc4)c3C=C1CC[C@H](S(=O)(=O)c1cnn(CC3CC3)n1)C2. The molecule has 0 radical (unpaired) electrons. The molecule has 3 heterocycles. The molecule has 0 aliphatic heterocycles. The van der Waals surface area contributed by atoms with Gasteiger partial charge in [-0.25, -0.2) is 17.5 Å². The Kier molecular flexibility index (Phi) is 6.05. The summed E-state index contributed by atoms with van der Waals surface area (Å²) in [5.74, 6) is 0.522. The lowest BCUT2D eigenvalue weighted by molar-refractivity contribution is 0.0796. The molecule has 2 atom stereocenters. The normalized spacial score (nSPS) is 23.4. The van der Waals surface area contributed by atoms with Crippen LogP contribution in [0.2, 0.25) is 0 Å². The number of aromatic nitrogens is 6. The maximum absolute atomic E-state index is 14.5. The van der Waals surface area contributed by atoms with Crippen LogP contribution >= 0.6 is 0 Å². The molecule has 4 aliphatic rings. The zero-order chi connectivity index (χ0) is 29.3. The molecule has 0 saturated heterocycles. The average molecular weight is 599 g/mol. The molecular weight excluding hydrogens is 567 g/mol. The predicted molar refractivity (Wildman–Crippen MR) is 156 cm³/mol. The highest BCUT2D eigenvalue weighted by atomic mass is 32.2. The minimum atomic E-state index is -3.84. The maximum atomic E-state index is 14.5. The zero-order valence-electron chi connectivity index (χ0n) is 23.6. The largest absolute Gasteiger partial charge is 0.291 e. The second-order valence-corrected chi connectivity index (χ2v) is 14.7. The number of benzene rings is 1. The monoisotopic (exact) mass is 598 g/mol. The van der Waals surface area contributed by atoms with Gasteiger partial charge in [0.25, 0.3) is 0 Å². The van der Waals surface area contributed by atoms with E-state index in [0.717, 1.165) is 48.1 Å². The highest BCUT2D eigenvalue weighted by Crippen LogP contribution is 2.52. The third-order valence-electron chi connectivity index (χ3n) is 9.55. The highest BCUT2D eigenvalue weighted by Gasteiger charge is 2.52. The quantitative estimate of drug-likeness (QED) is 0.259. The van der Waals surface area contributed by atoms with E-state index in [1.807, 2.05) is 12.1 Å². The molecule has 11 heteroatoms. The van der Waals surface area contributed by atoms with Crippen molar-refractivity contribution in [2.75, 3.05) is 0 Å². The summed E-state index contributed by atoms with van der Waals surface area (Å²) in [6.07, 6.45) is 12.6. The van der Waals surface area contributed by atoms with Crippen LogP contribution in [-0.2, 0) is 22.8 Å². The number of carbonyl (C=O) groups is 1. The molecule has 3 aromatic heterocycles. The van der Waals surface area contributed by atoms with Crippen LogP contribution in [0.5, 0.6) is 0 Å². The molecule has 9 nitrogen and oxygen atoms in total. The lowest BCUT2D eigenvalue weighted by atomic mass is 9.61. The number of hydrogen-bond donors (Lipinski definition) is 0. The van der Waals surface area contributed by atoms with Gasteiger partial charge in [0.1, 0.15) is 11.5 Å². The van der Waals surface area contributed by atoms with Gasteiger partial charge in [-0.05, 0) is 111 Å². The molecular formula is C32H31FN6O3S. The van der Waals surface area contributed by atoms with Crippen molar-refractivity contribution >= 4 is 21.7 Å². The van der Waals surface area contributed by atoms with Gasteiger partial charge >= 0.3 is 0 Å². The number of rotatable bonds is 8. The van der Waals surface area contributed by atoms with Gasteiger partial charge < -0.3 is 0 Å². The fourth-order valence-corrected chi connectivity index (χ4v) is 8.44. The standard InChI is InChI=1S/C32H31FN6O3S/c33-25-7-9-26(10-8-25)39-29-13-24-6-11-27(43(41,42)30-18-35-38(37-30)19-20-1-2-20)15-32(24,14-23(29)17-36-39)31(40)28-12-5-22(16-34-28)21-3-4-21/h5,7-10,12-13,16-18,20-21,27H,1-4,6,11,14-15,19H2/t27-,32-/m0/s1. The van der Waals surface area contributed by atoms with E-state index in [1.165, 1.54) is 23.1 Å². The summed E-state index contributed by atoms with van der Waals surface area (Å²) in [5.41, 5.74) is 3.65. The maximum Gasteiger partial charge on any atom is 0.201 e. The lowest BCUT2D eigenvalue weighted by Crippen LogP contribution is -2.46. The Balaban J connectivity index is 1.17. The number of halogens is 1. The van der Waals surface area contributed by atoms with Crippen molar-refractivity contribution in [2.45, 2.75) is 74.1 Å². The van der Waals surface area contributed by atoms with Crippen LogP contribution in [0.4, 0.5) is 4.39 Å². The Bertz CT molecular complexity index is 1870. The number of carbonyl (C=O) groups excluding carboxylic acids is 1. The van der Waals surface area contributed by atoms with E-state index in [2.05, 4.69) is 20.3 Å². The van der Waals surface area contributed by atoms with E-state index in [9.17, 15) is 17.6 Å². The van der Waals surface area contributed by atoms with E-state index in [0.29, 0.717) is 49.0 Å². The van der Waals surface area contributed by atoms with E-state index in [-0.39, 0.29) is 23.0 Å². The smallest absolute Gasteiger partial charge is 0.201 e. The second-order valence-electron chi connectivity index (χ2n) is 12.5. The van der Waals surface area contributed by atoms with Gasteiger partial charge in [-0.2, -0.15) is 15.0 Å². The molecule has 0 N–H and O–H groups in total. The molecule has 4 aromatic rings. The van der Waals surface area contributed by atoms with Gasteiger partial charge in [0.05, 0.1) is 41.0 Å². The first kappa shape index (κ1) is 26.6. The van der Waals surface area contributed by atoms with Crippen molar-refractivity contribution in [2.24, 2.45) is 11.3 Å². The van der Waals surface area contributed by atoms with Crippen LogP contribution in [-0.4, -0.2) is 49.2 Å². The minimum Gasteiger partial charge on any atom is -0.291 e. The second kappa shape index (κ2) is 9.77. The first-order valence-electron chi connectivity index (χ1n) is 15.0. The zero-order valence-corrected chi connectivity index (χ0v) is 24.4. The van der Waals surface area contributed by atoms with E-state index >= 15 is 0 Å². The van der Waals surface area contributed by atoms with Crippen molar-refractivity contribution in [3.8, 4) is 5.69 Å². The molecule has 3 saturated carbocycles. The number of pyridine rings is 1. The molecule has 1 aromatic carbocycles. The van der Waals surface area contributed by atoms with Crippen LogP contribution in [0.3, 0.4) is 0 Å². The third kappa shape index (κ3) is 4.64. The summed E-state index contributed by atoms with van der Waals surface area (Å²) in [5, 5.41) is 12.3.